The first kappa shape index (κ1) is 35.3. The quantitative estimate of drug-likeness (QED) is 0.231. The van der Waals surface area contributed by atoms with Gasteiger partial charge in [-0.1, -0.05) is 47.8 Å². The molecule has 0 aromatic heterocycles. The lowest BCUT2D eigenvalue weighted by Crippen LogP contribution is -2.55. The molecule has 3 aromatic rings. The predicted molar refractivity (Wildman–Crippen MR) is 175 cm³/mol. The van der Waals surface area contributed by atoms with Crippen molar-refractivity contribution in [3.8, 4) is 11.5 Å². The Morgan fingerprint density at radius 3 is 2.05 bits per heavy atom. The number of nitrogens with one attached hydrogen (secondary N) is 1. The summed E-state index contributed by atoms with van der Waals surface area (Å²) < 4.78 is 39.9. The highest BCUT2D eigenvalue weighted by Gasteiger charge is 2.35. The van der Waals surface area contributed by atoms with Crippen molar-refractivity contribution in [3.63, 3.8) is 0 Å². The van der Waals surface area contributed by atoms with Gasteiger partial charge in [-0.25, -0.2) is 8.42 Å². The number of nitrogens with zero attached hydrogens (tertiary/aromatic N) is 2. The zero-order chi connectivity index (χ0) is 32.8. The molecule has 0 aliphatic carbocycles. The zero-order valence-corrected chi connectivity index (χ0v) is 28.4. The van der Waals surface area contributed by atoms with E-state index in [1.807, 2.05) is 20.8 Å². The average molecular weight is 685 g/mol. The standard InChI is InChI=1S/C31H36Cl3N3O6S/c1-7-26(30(39)35-31(2,3)4)36(18-20-8-9-22(33)16-25(20)34)29(38)19-37(23-12-10-21(32)11-13-23)44(40,41)24-14-15-27(42-5)28(17-24)43-6/h8-17,26H,7,18-19H2,1-6H3,(H,35,39)/t26-/m1/s1. The molecule has 2 amide bonds. The van der Waals surface area contributed by atoms with Crippen molar-refractivity contribution in [2.45, 2.75) is 57.1 Å². The second-order valence-corrected chi connectivity index (χ2v) is 14.1. The first-order valence-electron chi connectivity index (χ1n) is 13.7. The molecule has 1 N–H and O–H groups in total. The molecule has 9 nitrogen and oxygen atoms in total. The molecule has 0 fully saturated rings. The van der Waals surface area contributed by atoms with Gasteiger partial charge in [0.25, 0.3) is 10.0 Å². The van der Waals surface area contributed by atoms with Gasteiger partial charge in [0.1, 0.15) is 12.6 Å². The zero-order valence-electron chi connectivity index (χ0n) is 25.4. The second kappa shape index (κ2) is 14.7. The lowest BCUT2D eigenvalue weighted by molar-refractivity contribution is -0.141. The summed E-state index contributed by atoms with van der Waals surface area (Å²) in [6, 6.07) is 14.1. The Kier molecular flexibility index (Phi) is 11.8. The molecule has 0 saturated carbocycles. The first-order valence-corrected chi connectivity index (χ1v) is 16.2. The monoisotopic (exact) mass is 683 g/mol. The summed E-state index contributed by atoms with van der Waals surface area (Å²) in [7, 11) is -1.53. The van der Waals surface area contributed by atoms with E-state index in [9.17, 15) is 18.0 Å². The Morgan fingerprint density at radius 1 is 0.886 bits per heavy atom. The van der Waals surface area contributed by atoms with Gasteiger partial charge >= 0.3 is 0 Å². The number of sulfonamides is 1. The van der Waals surface area contributed by atoms with Gasteiger partial charge in [-0.3, -0.25) is 13.9 Å². The predicted octanol–water partition coefficient (Wildman–Crippen LogP) is 6.58. The van der Waals surface area contributed by atoms with Crippen molar-refractivity contribution in [3.05, 3.63) is 81.3 Å². The van der Waals surface area contributed by atoms with Crippen LogP contribution in [0.3, 0.4) is 0 Å². The van der Waals surface area contributed by atoms with Crippen LogP contribution >= 0.6 is 34.8 Å². The molecule has 0 saturated heterocycles. The molecule has 0 aliphatic rings. The van der Waals surface area contributed by atoms with Gasteiger partial charge in [-0.05, 0) is 81.3 Å². The summed E-state index contributed by atoms with van der Waals surface area (Å²) in [5.74, 6) is -0.493. The second-order valence-electron chi connectivity index (χ2n) is 10.9. The van der Waals surface area contributed by atoms with Crippen LogP contribution in [0, 0.1) is 0 Å². The summed E-state index contributed by atoms with van der Waals surface area (Å²) in [4.78, 5) is 28.9. The van der Waals surface area contributed by atoms with Crippen LogP contribution < -0.4 is 19.1 Å². The van der Waals surface area contributed by atoms with E-state index >= 15 is 0 Å². The Labute approximate surface area is 274 Å². The number of anilines is 1. The molecule has 44 heavy (non-hydrogen) atoms. The fourth-order valence-corrected chi connectivity index (χ4v) is 6.47. The van der Waals surface area contributed by atoms with Crippen LogP contribution in [0.1, 0.15) is 39.7 Å². The van der Waals surface area contributed by atoms with Crippen molar-refractivity contribution in [2.75, 3.05) is 25.1 Å². The molecule has 1 atom stereocenters. The van der Waals surface area contributed by atoms with Crippen LogP contribution in [-0.2, 0) is 26.2 Å². The third-order valence-corrected chi connectivity index (χ3v) is 9.19. The molecule has 13 heteroatoms. The molecular weight excluding hydrogens is 649 g/mol. The minimum Gasteiger partial charge on any atom is -0.493 e. The average Bonchev–Trinajstić information content (AvgIpc) is 2.95. The van der Waals surface area contributed by atoms with Gasteiger partial charge in [0.15, 0.2) is 11.5 Å². The Morgan fingerprint density at radius 2 is 1.50 bits per heavy atom. The SMILES string of the molecule is CC[C@H](C(=O)NC(C)(C)C)N(Cc1ccc(Cl)cc1Cl)C(=O)CN(c1ccc(Cl)cc1)S(=O)(=O)c1ccc(OC)c(OC)c1. The van der Waals surface area contributed by atoms with Crippen molar-refractivity contribution in [2.24, 2.45) is 0 Å². The highest BCUT2D eigenvalue weighted by molar-refractivity contribution is 7.92. The van der Waals surface area contributed by atoms with Crippen LogP contribution in [0.15, 0.2) is 65.6 Å². The third-order valence-electron chi connectivity index (χ3n) is 6.58. The van der Waals surface area contributed by atoms with E-state index in [4.69, 9.17) is 44.3 Å². The van der Waals surface area contributed by atoms with Gasteiger partial charge in [0, 0.05) is 33.2 Å². The summed E-state index contributed by atoms with van der Waals surface area (Å²) in [5, 5.41) is 4.01. The number of ether oxygens (including phenoxy) is 2. The third kappa shape index (κ3) is 8.72. The minimum absolute atomic E-state index is 0.0736. The number of hydrogen-bond donors (Lipinski definition) is 1. The van der Waals surface area contributed by atoms with Crippen LogP contribution in [-0.4, -0.2) is 57.5 Å². The highest BCUT2D eigenvalue weighted by atomic mass is 35.5. The van der Waals surface area contributed by atoms with E-state index in [0.29, 0.717) is 26.4 Å². The summed E-state index contributed by atoms with van der Waals surface area (Å²) in [6.45, 7) is 6.56. The highest BCUT2D eigenvalue weighted by Crippen LogP contribution is 2.33. The normalized spacial score (nSPS) is 12.3. The number of carbonyl (C=O) groups is 2. The van der Waals surface area contributed by atoms with E-state index in [-0.39, 0.29) is 35.2 Å². The van der Waals surface area contributed by atoms with Crippen LogP contribution in [0.4, 0.5) is 5.69 Å². The summed E-state index contributed by atoms with van der Waals surface area (Å²) in [6.07, 6.45) is 0.252. The van der Waals surface area contributed by atoms with Gasteiger partial charge in [-0.2, -0.15) is 0 Å². The number of rotatable bonds is 12. The van der Waals surface area contributed by atoms with E-state index in [1.165, 1.54) is 61.6 Å². The molecule has 0 heterocycles. The van der Waals surface area contributed by atoms with E-state index in [0.717, 1.165) is 4.31 Å². The molecule has 0 spiro atoms. The molecular formula is C31H36Cl3N3O6S. The number of carbonyl (C=O) groups excluding carboxylic acids is 2. The number of hydrogen-bond acceptors (Lipinski definition) is 6. The van der Waals surface area contributed by atoms with Crippen LogP contribution in [0.25, 0.3) is 0 Å². The fraction of sp³-hybridized carbons (Fsp3) is 0.355. The van der Waals surface area contributed by atoms with Gasteiger partial charge in [0.2, 0.25) is 11.8 Å². The van der Waals surface area contributed by atoms with Gasteiger partial charge < -0.3 is 19.7 Å². The number of benzene rings is 3. The maximum atomic E-state index is 14.2. The minimum atomic E-state index is -4.36. The lowest BCUT2D eigenvalue weighted by atomic mass is 10.1. The Bertz CT molecular complexity index is 1590. The van der Waals surface area contributed by atoms with Crippen molar-refractivity contribution in [1.82, 2.24) is 10.2 Å². The van der Waals surface area contributed by atoms with Crippen LogP contribution in [0.5, 0.6) is 11.5 Å². The summed E-state index contributed by atoms with van der Waals surface area (Å²) >= 11 is 18.7. The van der Waals surface area contributed by atoms with E-state index in [2.05, 4.69) is 5.32 Å². The van der Waals surface area contributed by atoms with Crippen molar-refractivity contribution >= 4 is 62.3 Å². The maximum absolute atomic E-state index is 14.2. The smallest absolute Gasteiger partial charge is 0.264 e. The Hall–Kier alpha value is -3.18. The molecule has 3 aromatic carbocycles. The molecule has 238 valence electrons. The van der Waals surface area contributed by atoms with E-state index < -0.39 is 34.1 Å². The lowest BCUT2D eigenvalue weighted by Gasteiger charge is -2.35. The molecule has 0 radical (unpaired) electrons. The first-order chi connectivity index (χ1) is 20.6. The molecule has 0 bridgehead atoms. The maximum Gasteiger partial charge on any atom is 0.264 e. The fourth-order valence-electron chi connectivity index (χ4n) is 4.45. The number of halogens is 3. The van der Waals surface area contributed by atoms with Gasteiger partial charge in [-0.15, -0.1) is 0 Å². The Balaban J connectivity index is 2.13. The van der Waals surface area contributed by atoms with Crippen molar-refractivity contribution < 1.29 is 27.5 Å². The molecule has 0 aliphatic heterocycles. The number of methoxy groups -OCH3 is 2. The number of amides is 2. The topological polar surface area (TPSA) is 105 Å². The summed E-state index contributed by atoms with van der Waals surface area (Å²) in [5.41, 5.74) is 0.143. The largest absolute Gasteiger partial charge is 0.493 e. The van der Waals surface area contributed by atoms with Crippen molar-refractivity contribution in [1.29, 1.82) is 0 Å². The molecule has 3 rings (SSSR count). The molecule has 0 unspecified atom stereocenters. The van der Waals surface area contributed by atoms with E-state index in [1.54, 1.807) is 25.1 Å². The van der Waals surface area contributed by atoms with Gasteiger partial charge in [0.05, 0.1) is 24.8 Å². The van der Waals surface area contributed by atoms with Crippen LogP contribution in [0.2, 0.25) is 15.1 Å².